The van der Waals surface area contributed by atoms with Gasteiger partial charge < -0.3 is 14.4 Å². The van der Waals surface area contributed by atoms with Gasteiger partial charge in [-0.3, -0.25) is 4.79 Å². The molecule has 8 heteroatoms. The van der Waals surface area contributed by atoms with E-state index in [9.17, 15) is 17.6 Å². The molecule has 0 aromatic heterocycles. The maximum atomic E-state index is 14.1. The van der Waals surface area contributed by atoms with Crippen LogP contribution in [0, 0.1) is 5.82 Å². The third kappa shape index (κ3) is 3.66. The molecule has 0 bridgehead atoms. The fraction of sp³-hybridized carbons (Fsp3) is 0.0870. The SMILES string of the molecule is COc1cc(OC)cc(N2C=C(C(=O)c3ccccc3)S(=O)(=O)c3ccc(F)cc32)c1. The number of ether oxygens (including phenoxy) is 2. The average Bonchev–Trinajstić information content (AvgIpc) is 2.78. The zero-order valence-corrected chi connectivity index (χ0v) is 17.5. The molecule has 0 fully saturated rings. The van der Waals surface area contributed by atoms with Crippen molar-refractivity contribution in [2.24, 2.45) is 0 Å². The van der Waals surface area contributed by atoms with Gasteiger partial charge in [0.05, 0.1) is 30.5 Å². The minimum absolute atomic E-state index is 0.0833. The van der Waals surface area contributed by atoms with E-state index in [1.165, 1.54) is 37.5 Å². The summed E-state index contributed by atoms with van der Waals surface area (Å²) in [6, 6.07) is 16.4. The number of allylic oxidation sites excluding steroid dienone is 1. The van der Waals surface area contributed by atoms with Crippen LogP contribution in [-0.2, 0) is 9.84 Å². The predicted octanol–water partition coefficient (Wildman–Crippen LogP) is 4.49. The molecule has 1 aliphatic heterocycles. The van der Waals surface area contributed by atoms with Crippen LogP contribution in [0.25, 0.3) is 0 Å². The Labute approximate surface area is 179 Å². The van der Waals surface area contributed by atoms with E-state index in [0.717, 1.165) is 18.2 Å². The maximum absolute atomic E-state index is 14.1. The van der Waals surface area contributed by atoms with Gasteiger partial charge in [0.25, 0.3) is 0 Å². The summed E-state index contributed by atoms with van der Waals surface area (Å²) in [6.45, 7) is 0. The van der Waals surface area contributed by atoms with Crippen molar-refractivity contribution < 1.29 is 27.1 Å². The summed E-state index contributed by atoms with van der Waals surface area (Å²) >= 11 is 0. The molecular weight excluding hydrogens is 421 g/mol. The molecule has 3 aromatic rings. The second-order valence-corrected chi connectivity index (χ2v) is 8.63. The van der Waals surface area contributed by atoms with Crippen molar-refractivity contribution >= 4 is 27.0 Å². The quantitative estimate of drug-likeness (QED) is 0.431. The number of hydrogen-bond acceptors (Lipinski definition) is 6. The summed E-state index contributed by atoms with van der Waals surface area (Å²) < 4.78 is 51.2. The molecule has 0 saturated carbocycles. The van der Waals surface area contributed by atoms with E-state index < -0.39 is 26.3 Å². The van der Waals surface area contributed by atoms with Gasteiger partial charge in [0.15, 0.2) is 0 Å². The highest BCUT2D eigenvalue weighted by molar-refractivity contribution is 7.96. The lowest BCUT2D eigenvalue weighted by molar-refractivity contribution is 0.104. The van der Waals surface area contributed by atoms with E-state index in [1.807, 2.05) is 0 Å². The number of hydrogen-bond donors (Lipinski definition) is 0. The first kappa shape index (κ1) is 20.6. The third-order valence-electron chi connectivity index (χ3n) is 4.88. The zero-order valence-electron chi connectivity index (χ0n) is 16.7. The first-order chi connectivity index (χ1) is 14.8. The van der Waals surface area contributed by atoms with Crippen LogP contribution in [0.1, 0.15) is 10.4 Å². The van der Waals surface area contributed by atoms with Crippen molar-refractivity contribution in [1.29, 1.82) is 0 Å². The summed E-state index contributed by atoms with van der Waals surface area (Å²) in [5, 5.41) is 0. The van der Waals surface area contributed by atoms with E-state index in [-0.39, 0.29) is 16.1 Å². The average molecular weight is 439 g/mol. The number of nitrogens with zero attached hydrogens (tertiary/aromatic N) is 1. The Kier molecular flexibility index (Phi) is 5.24. The number of anilines is 2. The minimum Gasteiger partial charge on any atom is -0.497 e. The van der Waals surface area contributed by atoms with E-state index in [2.05, 4.69) is 0 Å². The Morgan fingerprint density at radius 2 is 1.55 bits per heavy atom. The Morgan fingerprint density at radius 1 is 0.903 bits per heavy atom. The highest BCUT2D eigenvalue weighted by Crippen LogP contribution is 2.42. The lowest BCUT2D eigenvalue weighted by Crippen LogP contribution is -2.26. The number of rotatable bonds is 5. The molecule has 1 aliphatic rings. The topological polar surface area (TPSA) is 72.9 Å². The van der Waals surface area contributed by atoms with Crippen molar-refractivity contribution in [1.82, 2.24) is 0 Å². The van der Waals surface area contributed by atoms with Crippen LogP contribution in [-0.4, -0.2) is 28.4 Å². The zero-order chi connectivity index (χ0) is 22.2. The monoisotopic (exact) mass is 439 g/mol. The molecular formula is C23H18FNO5S. The standard InChI is InChI=1S/C23H18FNO5S/c1-29-18-11-17(12-19(13-18)30-2)25-14-22(23(26)15-6-4-3-5-7-15)31(27,28)21-9-8-16(24)10-20(21)25/h3-14H,1-2H3. The van der Waals surface area contributed by atoms with Gasteiger partial charge in [-0.05, 0) is 18.2 Å². The van der Waals surface area contributed by atoms with E-state index in [0.29, 0.717) is 17.2 Å². The van der Waals surface area contributed by atoms with E-state index >= 15 is 0 Å². The first-order valence-corrected chi connectivity index (χ1v) is 10.7. The maximum Gasteiger partial charge on any atom is 0.214 e. The summed E-state index contributed by atoms with van der Waals surface area (Å²) in [5.74, 6) is -0.370. The van der Waals surface area contributed by atoms with Crippen molar-refractivity contribution in [3.8, 4) is 11.5 Å². The largest absolute Gasteiger partial charge is 0.497 e. The summed E-state index contributed by atoms with van der Waals surface area (Å²) in [7, 11) is -1.22. The predicted molar refractivity (Wildman–Crippen MR) is 114 cm³/mol. The van der Waals surface area contributed by atoms with Crippen LogP contribution < -0.4 is 14.4 Å². The lowest BCUT2D eigenvalue weighted by atomic mass is 10.1. The number of carbonyl (C=O) groups is 1. The van der Waals surface area contributed by atoms with Crippen molar-refractivity contribution in [2.45, 2.75) is 4.90 Å². The van der Waals surface area contributed by atoms with Crippen LogP contribution in [0.5, 0.6) is 11.5 Å². The summed E-state index contributed by atoms with van der Waals surface area (Å²) in [5.41, 5.74) is 0.752. The molecule has 0 radical (unpaired) electrons. The first-order valence-electron chi connectivity index (χ1n) is 9.23. The molecule has 0 saturated heterocycles. The molecule has 3 aromatic carbocycles. The highest BCUT2D eigenvalue weighted by Gasteiger charge is 2.36. The number of benzene rings is 3. The number of Topliss-reactive ketones (excluding diaryl/α,β-unsaturated/α-hetero) is 1. The number of carbonyl (C=O) groups excluding carboxylic acids is 1. The van der Waals surface area contributed by atoms with Gasteiger partial charge in [0.2, 0.25) is 15.6 Å². The van der Waals surface area contributed by atoms with Crippen LogP contribution in [0.15, 0.2) is 82.7 Å². The minimum atomic E-state index is -4.18. The Balaban J connectivity index is 1.97. The van der Waals surface area contributed by atoms with Crippen LogP contribution in [0.4, 0.5) is 15.8 Å². The van der Waals surface area contributed by atoms with Crippen LogP contribution >= 0.6 is 0 Å². The van der Waals surface area contributed by atoms with Gasteiger partial charge in [0, 0.05) is 30.0 Å². The van der Waals surface area contributed by atoms with Gasteiger partial charge in [-0.15, -0.1) is 0 Å². The fourth-order valence-corrected chi connectivity index (χ4v) is 4.86. The molecule has 0 atom stereocenters. The lowest BCUT2D eigenvalue weighted by Gasteiger charge is -2.29. The van der Waals surface area contributed by atoms with Gasteiger partial charge in [-0.2, -0.15) is 0 Å². The Bertz CT molecular complexity index is 1280. The number of fused-ring (bicyclic) bond motifs is 1. The van der Waals surface area contributed by atoms with Gasteiger partial charge in [-0.1, -0.05) is 30.3 Å². The van der Waals surface area contributed by atoms with Gasteiger partial charge >= 0.3 is 0 Å². The fourth-order valence-electron chi connectivity index (χ4n) is 3.34. The van der Waals surface area contributed by atoms with Crippen molar-refractivity contribution in [3.05, 3.63) is 89.2 Å². The van der Waals surface area contributed by atoms with E-state index in [1.54, 1.807) is 36.4 Å². The van der Waals surface area contributed by atoms with Crippen LogP contribution in [0.3, 0.4) is 0 Å². The third-order valence-corrected chi connectivity index (χ3v) is 6.67. The summed E-state index contributed by atoms with van der Waals surface area (Å²) in [4.78, 5) is 14.0. The Hall–Kier alpha value is -3.65. The van der Waals surface area contributed by atoms with Crippen LogP contribution in [0.2, 0.25) is 0 Å². The van der Waals surface area contributed by atoms with Gasteiger partial charge in [0.1, 0.15) is 22.2 Å². The molecule has 6 nitrogen and oxygen atoms in total. The van der Waals surface area contributed by atoms with Crippen molar-refractivity contribution in [3.63, 3.8) is 0 Å². The Morgan fingerprint density at radius 3 is 2.16 bits per heavy atom. The second kappa shape index (κ2) is 7.88. The second-order valence-electron chi connectivity index (χ2n) is 6.74. The molecule has 0 N–H and O–H groups in total. The number of methoxy groups -OCH3 is 2. The normalized spacial score (nSPS) is 14.4. The van der Waals surface area contributed by atoms with Gasteiger partial charge in [-0.25, -0.2) is 12.8 Å². The molecule has 0 amide bonds. The molecule has 4 rings (SSSR count). The van der Waals surface area contributed by atoms with Crippen molar-refractivity contribution in [2.75, 3.05) is 19.1 Å². The smallest absolute Gasteiger partial charge is 0.214 e. The molecule has 0 aliphatic carbocycles. The molecule has 0 spiro atoms. The number of sulfone groups is 1. The van der Waals surface area contributed by atoms with E-state index in [4.69, 9.17) is 9.47 Å². The molecule has 158 valence electrons. The number of halogens is 1. The molecule has 31 heavy (non-hydrogen) atoms. The number of ketones is 1. The summed E-state index contributed by atoms with van der Waals surface area (Å²) in [6.07, 6.45) is 1.21. The molecule has 0 unspecified atom stereocenters. The molecule has 1 heterocycles. The highest BCUT2D eigenvalue weighted by atomic mass is 32.2.